The quantitative estimate of drug-likeness (QED) is 0.681. The van der Waals surface area contributed by atoms with Crippen molar-refractivity contribution < 1.29 is 9.31 Å². The van der Waals surface area contributed by atoms with Crippen LogP contribution in [0.3, 0.4) is 0 Å². The molecule has 2 rings (SSSR count). The summed E-state index contributed by atoms with van der Waals surface area (Å²) >= 11 is 7.53. The van der Waals surface area contributed by atoms with Crippen molar-refractivity contribution in [2.24, 2.45) is 0 Å². The molecule has 0 atom stereocenters. The molecule has 1 aliphatic rings. The zero-order chi connectivity index (χ0) is 13.1. The number of halogens is 2. The van der Waals surface area contributed by atoms with E-state index in [1.165, 1.54) is 6.07 Å². The van der Waals surface area contributed by atoms with Crippen LogP contribution in [0.2, 0.25) is 5.02 Å². The molecule has 18 heavy (non-hydrogen) atoms. The lowest BCUT2D eigenvalue weighted by atomic mass is 10.1. The number of benzene rings is 1. The zero-order valence-electron chi connectivity index (χ0n) is 9.49. The summed E-state index contributed by atoms with van der Waals surface area (Å²) < 4.78 is 13.2. The Morgan fingerprint density at radius 2 is 2.11 bits per heavy atom. The Balaban J connectivity index is 2.24. The molecule has 1 aliphatic heterocycles. The predicted octanol–water partition coefficient (Wildman–Crippen LogP) is 3.69. The molecule has 1 aromatic carbocycles. The molecule has 0 unspecified atom stereocenters. The van der Waals surface area contributed by atoms with E-state index in [9.17, 15) is 14.5 Å². The van der Waals surface area contributed by atoms with E-state index in [4.69, 9.17) is 11.6 Å². The van der Waals surface area contributed by atoms with Crippen molar-refractivity contribution in [3.8, 4) is 0 Å². The standard InChI is InChI=1S/C11H12ClFN2O2S/c12-8-5-10(11(15(16)17)6-9(8)13)14-7-1-3-18-4-2-7/h5-7,14H,1-4H2. The minimum Gasteiger partial charge on any atom is -0.377 e. The van der Waals surface area contributed by atoms with Crippen molar-refractivity contribution in [1.82, 2.24) is 0 Å². The molecule has 1 N–H and O–H groups in total. The van der Waals surface area contributed by atoms with Crippen LogP contribution in [-0.4, -0.2) is 22.5 Å². The van der Waals surface area contributed by atoms with Crippen molar-refractivity contribution in [3.05, 3.63) is 33.1 Å². The van der Waals surface area contributed by atoms with Crippen LogP contribution in [0.4, 0.5) is 15.8 Å². The highest BCUT2D eigenvalue weighted by Crippen LogP contribution is 2.32. The van der Waals surface area contributed by atoms with Gasteiger partial charge in [-0.2, -0.15) is 11.8 Å². The average molecular weight is 291 g/mol. The molecule has 0 amide bonds. The monoisotopic (exact) mass is 290 g/mol. The number of rotatable bonds is 3. The minimum absolute atomic E-state index is 0.103. The fourth-order valence-corrected chi connectivity index (χ4v) is 3.13. The summed E-state index contributed by atoms with van der Waals surface area (Å²) in [5.41, 5.74) is 0.0263. The summed E-state index contributed by atoms with van der Waals surface area (Å²) in [7, 11) is 0. The van der Waals surface area contributed by atoms with E-state index in [1.807, 2.05) is 11.8 Å². The topological polar surface area (TPSA) is 55.2 Å². The highest BCUT2D eigenvalue weighted by Gasteiger charge is 2.21. The van der Waals surface area contributed by atoms with E-state index in [0.717, 1.165) is 30.4 Å². The van der Waals surface area contributed by atoms with Crippen molar-refractivity contribution >= 4 is 34.7 Å². The van der Waals surface area contributed by atoms with Gasteiger partial charge in [-0.15, -0.1) is 0 Å². The second kappa shape index (κ2) is 5.75. The first-order valence-electron chi connectivity index (χ1n) is 5.55. The van der Waals surface area contributed by atoms with Crippen LogP contribution in [0.25, 0.3) is 0 Å². The highest BCUT2D eigenvalue weighted by atomic mass is 35.5. The Morgan fingerprint density at radius 1 is 1.44 bits per heavy atom. The van der Waals surface area contributed by atoms with Gasteiger partial charge < -0.3 is 5.32 Å². The number of nitrogens with one attached hydrogen (secondary N) is 1. The summed E-state index contributed by atoms with van der Waals surface area (Å²) in [4.78, 5) is 10.3. The Morgan fingerprint density at radius 3 is 2.72 bits per heavy atom. The molecule has 0 radical (unpaired) electrons. The van der Waals surface area contributed by atoms with E-state index in [2.05, 4.69) is 5.32 Å². The van der Waals surface area contributed by atoms with Crippen molar-refractivity contribution in [3.63, 3.8) is 0 Å². The van der Waals surface area contributed by atoms with Crippen LogP contribution in [0.1, 0.15) is 12.8 Å². The molecule has 0 aliphatic carbocycles. The number of hydrogen-bond donors (Lipinski definition) is 1. The number of hydrogen-bond acceptors (Lipinski definition) is 4. The SMILES string of the molecule is O=[N+]([O-])c1cc(F)c(Cl)cc1NC1CCSCC1. The lowest BCUT2D eigenvalue weighted by Gasteiger charge is -2.23. The third-order valence-electron chi connectivity index (χ3n) is 2.82. The third-order valence-corrected chi connectivity index (χ3v) is 4.15. The normalized spacial score (nSPS) is 16.6. The Labute approximate surface area is 113 Å². The van der Waals surface area contributed by atoms with E-state index >= 15 is 0 Å². The molecule has 1 fully saturated rings. The van der Waals surface area contributed by atoms with E-state index < -0.39 is 10.7 Å². The number of anilines is 1. The van der Waals surface area contributed by atoms with E-state index in [0.29, 0.717) is 5.69 Å². The summed E-state index contributed by atoms with van der Waals surface area (Å²) in [6, 6.07) is 2.34. The first-order chi connectivity index (χ1) is 8.58. The Bertz CT molecular complexity index is 467. The van der Waals surface area contributed by atoms with Gasteiger partial charge in [0, 0.05) is 6.04 Å². The second-order valence-electron chi connectivity index (χ2n) is 4.07. The fraction of sp³-hybridized carbons (Fsp3) is 0.455. The zero-order valence-corrected chi connectivity index (χ0v) is 11.1. The molecular formula is C11H12ClFN2O2S. The maximum atomic E-state index is 13.2. The van der Waals surface area contributed by atoms with Crippen LogP contribution < -0.4 is 5.32 Å². The number of nitro groups is 1. The van der Waals surface area contributed by atoms with Gasteiger partial charge in [-0.1, -0.05) is 11.6 Å². The molecule has 98 valence electrons. The van der Waals surface area contributed by atoms with Gasteiger partial charge in [0.1, 0.15) is 11.5 Å². The summed E-state index contributed by atoms with van der Waals surface area (Å²) in [5, 5.41) is 13.9. The van der Waals surface area contributed by atoms with Gasteiger partial charge >= 0.3 is 0 Å². The van der Waals surface area contributed by atoms with Crippen LogP contribution in [0.5, 0.6) is 0 Å². The average Bonchev–Trinajstić information content (AvgIpc) is 2.34. The first-order valence-corrected chi connectivity index (χ1v) is 7.09. The van der Waals surface area contributed by atoms with Gasteiger partial charge in [-0.05, 0) is 30.4 Å². The van der Waals surface area contributed by atoms with Gasteiger partial charge in [0.25, 0.3) is 5.69 Å². The maximum Gasteiger partial charge on any atom is 0.295 e. The second-order valence-corrected chi connectivity index (χ2v) is 5.70. The molecule has 0 saturated carbocycles. The fourth-order valence-electron chi connectivity index (χ4n) is 1.86. The molecule has 0 spiro atoms. The molecule has 0 aromatic heterocycles. The van der Waals surface area contributed by atoms with Crippen molar-refractivity contribution in [2.75, 3.05) is 16.8 Å². The molecule has 1 heterocycles. The van der Waals surface area contributed by atoms with Gasteiger partial charge in [-0.25, -0.2) is 4.39 Å². The summed E-state index contributed by atoms with van der Waals surface area (Å²) in [6.07, 6.45) is 1.88. The van der Waals surface area contributed by atoms with Crippen molar-refractivity contribution in [1.29, 1.82) is 0 Å². The third kappa shape index (κ3) is 3.05. The summed E-state index contributed by atoms with van der Waals surface area (Å²) in [5.74, 6) is 1.29. The number of nitro benzene ring substituents is 1. The van der Waals surface area contributed by atoms with Crippen molar-refractivity contribution in [2.45, 2.75) is 18.9 Å². The minimum atomic E-state index is -0.770. The van der Waals surface area contributed by atoms with Crippen LogP contribution >= 0.6 is 23.4 Å². The Hall–Kier alpha value is -1.01. The highest BCUT2D eigenvalue weighted by molar-refractivity contribution is 7.99. The first kappa shape index (κ1) is 13.4. The number of nitrogens with zero attached hydrogens (tertiary/aromatic N) is 1. The maximum absolute atomic E-state index is 13.2. The lowest BCUT2D eigenvalue weighted by Crippen LogP contribution is -2.24. The van der Waals surface area contributed by atoms with Crippen LogP contribution in [0.15, 0.2) is 12.1 Å². The lowest BCUT2D eigenvalue weighted by molar-refractivity contribution is -0.384. The largest absolute Gasteiger partial charge is 0.377 e. The van der Waals surface area contributed by atoms with Gasteiger partial charge in [0.2, 0.25) is 0 Å². The summed E-state index contributed by atoms with van der Waals surface area (Å²) in [6.45, 7) is 0. The molecule has 1 aromatic rings. The van der Waals surface area contributed by atoms with Gasteiger partial charge in [-0.3, -0.25) is 10.1 Å². The smallest absolute Gasteiger partial charge is 0.295 e. The molecular weight excluding hydrogens is 279 g/mol. The molecule has 1 saturated heterocycles. The molecule has 7 heteroatoms. The number of thioether (sulfide) groups is 1. The van der Waals surface area contributed by atoms with E-state index in [1.54, 1.807) is 0 Å². The van der Waals surface area contributed by atoms with Gasteiger partial charge in [0.05, 0.1) is 16.0 Å². The molecule has 4 nitrogen and oxygen atoms in total. The predicted molar refractivity (Wildman–Crippen MR) is 72.0 cm³/mol. The Kier molecular flexibility index (Phi) is 4.29. The van der Waals surface area contributed by atoms with Crippen LogP contribution in [-0.2, 0) is 0 Å². The van der Waals surface area contributed by atoms with Gasteiger partial charge in [0.15, 0.2) is 0 Å². The van der Waals surface area contributed by atoms with Crippen LogP contribution in [0, 0.1) is 15.9 Å². The molecule has 0 bridgehead atoms. The van der Waals surface area contributed by atoms with E-state index in [-0.39, 0.29) is 16.8 Å².